The van der Waals surface area contributed by atoms with E-state index in [4.69, 9.17) is 29.6 Å². The molecule has 0 radical (unpaired) electrons. The number of hydrogen-bond acceptors (Lipinski definition) is 2. The Morgan fingerprint density at radius 1 is 1.50 bits per heavy atom. The molecule has 0 aliphatic rings. The molecule has 2 N–H and O–H groups in total. The second kappa shape index (κ2) is 4.53. The Morgan fingerprint density at radius 2 is 2.25 bits per heavy atom. The van der Waals surface area contributed by atoms with Gasteiger partial charge in [-0.3, -0.25) is 0 Å². The van der Waals surface area contributed by atoms with Gasteiger partial charge in [-0.1, -0.05) is 23.8 Å². The molecule has 0 atom stereocenters. The number of thiocarbonyl (C=S) groups is 1. The van der Waals surface area contributed by atoms with Crippen molar-refractivity contribution in [2.45, 2.75) is 0 Å². The van der Waals surface area contributed by atoms with Crippen molar-refractivity contribution in [2.75, 3.05) is 0 Å². The maximum absolute atomic E-state index is 6.06. The van der Waals surface area contributed by atoms with Gasteiger partial charge in [-0.05, 0) is 34.1 Å². The molecule has 1 aromatic heterocycles. The van der Waals surface area contributed by atoms with E-state index in [1.54, 1.807) is 23.0 Å². The first-order valence-corrected chi connectivity index (χ1v) is 5.96. The number of nitrogens with zero attached hydrogens (tertiary/aromatic N) is 2. The average Bonchev–Trinajstić information content (AvgIpc) is 2.64. The fourth-order valence-corrected chi connectivity index (χ4v) is 2.08. The van der Waals surface area contributed by atoms with E-state index >= 15 is 0 Å². The molecule has 1 heterocycles. The quantitative estimate of drug-likeness (QED) is 0.866. The van der Waals surface area contributed by atoms with Crippen LogP contribution in [0.15, 0.2) is 35.1 Å². The first-order valence-electron chi connectivity index (χ1n) is 4.38. The van der Waals surface area contributed by atoms with Crippen molar-refractivity contribution < 1.29 is 0 Å². The number of nitrogens with two attached hydrogens (primary N) is 1. The van der Waals surface area contributed by atoms with Crippen molar-refractivity contribution in [1.29, 1.82) is 0 Å². The number of rotatable bonds is 2. The van der Waals surface area contributed by atoms with Crippen LogP contribution < -0.4 is 5.73 Å². The topological polar surface area (TPSA) is 43.8 Å². The van der Waals surface area contributed by atoms with Crippen molar-refractivity contribution in [3.8, 4) is 5.69 Å². The molecule has 6 heteroatoms. The fraction of sp³-hybridized carbons (Fsp3) is 0. The van der Waals surface area contributed by atoms with E-state index in [1.807, 2.05) is 12.3 Å². The molecule has 0 fully saturated rings. The molecular formula is C10H7BrClN3S. The van der Waals surface area contributed by atoms with Gasteiger partial charge in [-0.25, -0.2) is 4.68 Å². The molecule has 0 aliphatic carbocycles. The summed E-state index contributed by atoms with van der Waals surface area (Å²) in [5.74, 6) is 0. The van der Waals surface area contributed by atoms with Crippen molar-refractivity contribution in [1.82, 2.24) is 9.78 Å². The van der Waals surface area contributed by atoms with Gasteiger partial charge in [0.25, 0.3) is 0 Å². The zero-order valence-electron chi connectivity index (χ0n) is 8.02. The highest BCUT2D eigenvalue weighted by Crippen LogP contribution is 2.21. The van der Waals surface area contributed by atoms with Gasteiger partial charge in [0.1, 0.15) is 4.99 Å². The molecule has 2 aromatic rings. The van der Waals surface area contributed by atoms with Crippen LogP contribution in [0.1, 0.15) is 5.56 Å². The van der Waals surface area contributed by atoms with E-state index in [2.05, 4.69) is 21.0 Å². The first-order chi connectivity index (χ1) is 7.58. The van der Waals surface area contributed by atoms with Crippen LogP contribution >= 0.6 is 39.7 Å². The van der Waals surface area contributed by atoms with E-state index in [-0.39, 0.29) is 4.99 Å². The molecular weight excluding hydrogens is 310 g/mol. The normalized spacial score (nSPS) is 10.4. The highest BCUT2D eigenvalue weighted by Gasteiger charge is 2.06. The van der Waals surface area contributed by atoms with Crippen LogP contribution in [0.4, 0.5) is 0 Å². The zero-order valence-corrected chi connectivity index (χ0v) is 11.2. The van der Waals surface area contributed by atoms with Gasteiger partial charge in [0.2, 0.25) is 0 Å². The highest BCUT2D eigenvalue weighted by atomic mass is 79.9. The maximum Gasteiger partial charge on any atom is 0.105 e. The summed E-state index contributed by atoms with van der Waals surface area (Å²) in [5, 5.41) is 4.67. The Bertz CT molecular complexity index is 553. The van der Waals surface area contributed by atoms with E-state index in [0.717, 1.165) is 10.2 Å². The fourth-order valence-electron chi connectivity index (χ4n) is 1.29. The third-order valence-corrected chi connectivity index (χ3v) is 2.98. The van der Waals surface area contributed by atoms with Gasteiger partial charge in [0, 0.05) is 11.8 Å². The molecule has 3 nitrogen and oxygen atoms in total. The minimum absolute atomic E-state index is 0.290. The third-order valence-electron chi connectivity index (χ3n) is 2.03. The lowest BCUT2D eigenvalue weighted by Crippen LogP contribution is -2.10. The number of aromatic nitrogens is 2. The lowest BCUT2D eigenvalue weighted by molar-refractivity contribution is 0.880. The maximum atomic E-state index is 6.06. The summed E-state index contributed by atoms with van der Waals surface area (Å²) in [5.41, 5.74) is 7.05. The number of halogens is 2. The third kappa shape index (κ3) is 2.26. The van der Waals surface area contributed by atoms with Gasteiger partial charge in [0.15, 0.2) is 0 Å². The summed E-state index contributed by atoms with van der Waals surface area (Å²) in [6.45, 7) is 0. The average molecular weight is 317 g/mol. The second-order valence-electron chi connectivity index (χ2n) is 3.13. The molecule has 0 spiro atoms. The van der Waals surface area contributed by atoms with E-state index in [0.29, 0.717) is 10.6 Å². The van der Waals surface area contributed by atoms with Gasteiger partial charge in [0.05, 0.1) is 21.4 Å². The summed E-state index contributed by atoms with van der Waals surface area (Å²) in [7, 11) is 0. The zero-order chi connectivity index (χ0) is 11.7. The molecule has 0 unspecified atom stereocenters. The first kappa shape index (κ1) is 11.6. The van der Waals surface area contributed by atoms with E-state index in [9.17, 15) is 0 Å². The van der Waals surface area contributed by atoms with Crippen molar-refractivity contribution in [3.63, 3.8) is 0 Å². The van der Waals surface area contributed by atoms with Crippen molar-refractivity contribution in [3.05, 3.63) is 45.7 Å². The van der Waals surface area contributed by atoms with E-state index < -0.39 is 0 Å². The van der Waals surface area contributed by atoms with E-state index in [1.165, 1.54) is 0 Å². The molecule has 1 aromatic carbocycles. The predicted molar refractivity (Wildman–Crippen MR) is 72.2 cm³/mol. The minimum Gasteiger partial charge on any atom is -0.389 e. The van der Waals surface area contributed by atoms with Crippen molar-refractivity contribution in [2.24, 2.45) is 5.73 Å². The Kier molecular flexibility index (Phi) is 3.28. The summed E-state index contributed by atoms with van der Waals surface area (Å²) >= 11 is 14.3. The Hall–Kier alpha value is -0.910. The number of benzene rings is 1. The standard InChI is InChI=1S/C10H7BrClN3S/c11-6-4-14-15(5-6)7-1-2-8(10(13)16)9(12)3-7/h1-5H,(H2,13,16). The van der Waals surface area contributed by atoms with Gasteiger partial charge >= 0.3 is 0 Å². The summed E-state index contributed by atoms with van der Waals surface area (Å²) < 4.78 is 2.61. The Morgan fingerprint density at radius 3 is 2.75 bits per heavy atom. The van der Waals surface area contributed by atoms with Crippen LogP contribution in [0.2, 0.25) is 5.02 Å². The number of hydrogen-bond donors (Lipinski definition) is 1. The monoisotopic (exact) mass is 315 g/mol. The second-order valence-corrected chi connectivity index (χ2v) is 4.89. The van der Waals surface area contributed by atoms with Crippen LogP contribution in [-0.2, 0) is 0 Å². The lowest BCUT2D eigenvalue weighted by atomic mass is 10.2. The Labute approximate surface area is 111 Å². The molecule has 0 bridgehead atoms. The van der Waals surface area contributed by atoms with Crippen molar-refractivity contribution >= 4 is 44.7 Å². The summed E-state index contributed by atoms with van der Waals surface area (Å²) in [4.78, 5) is 0.290. The van der Waals surface area contributed by atoms with Crippen LogP contribution in [0.25, 0.3) is 5.69 Å². The van der Waals surface area contributed by atoms with Crippen LogP contribution in [0.5, 0.6) is 0 Å². The van der Waals surface area contributed by atoms with Crippen LogP contribution in [0, 0.1) is 0 Å². The molecule has 16 heavy (non-hydrogen) atoms. The Balaban J connectivity index is 2.45. The van der Waals surface area contributed by atoms with Gasteiger partial charge in [-0.15, -0.1) is 0 Å². The lowest BCUT2D eigenvalue weighted by Gasteiger charge is -2.05. The molecule has 0 aliphatic heterocycles. The largest absolute Gasteiger partial charge is 0.389 e. The predicted octanol–water partition coefficient (Wildman–Crippen LogP) is 2.92. The molecule has 2 rings (SSSR count). The van der Waals surface area contributed by atoms with Gasteiger partial charge in [-0.2, -0.15) is 5.10 Å². The SMILES string of the molecule is NC(=S)c1ccc(-n2cc(Br)cn2)cc1Cl. The van der Waals surface area contributed by atoms with Crippen LogP contribution in [-0.4, -0.2) is 14.8 Å². The highest BCUT2D eigenvalue weighted by molar-refractivity contribution is 9.10. The minimum atomic E-state index is 0.290. The van der Waals surface area contributed by atoms with Gasteiger partial charge < -0.3 is 5.73 Å². The molecule has 82 valence electrons. The van der Waals surface area contributed by atoms with Crippen LogP contribution in [0.3, 0.4) is 0 Å². The summed E-state index contributed by atoms with van der Waals surface area (Å²) in [6, 6.07) is 5.42. The summed E-state index contributed by atoms with van der Waals surface area (Å²) in [6.07, 6.45) is 3.54. The molecule has 0 amide bonds. The smallest absolute Gasteiger partial charge is 0.105 e. The molecule has 0 saturated heterocycles. The molecule has 0 saturated carbocycles.